The van der Waals surface area contributed by atoms with Crippen LogP contribution in [0.15, 0.2) is 24.3 Å². The molecular weight excluding hydrogens is 328 g/mol. The van der Waals surface area contributed by atoms with Crippen molar-refractivity contribution >= 4 is 11.6 Å². The second-order valence-electron chi connectivity index (χ2n) is 7.23. The molecule has 1 amide bonds. The van der Waals surface area contributed by atoms with Crippen molar-refractivity contribution in [2.24, 2.45) is 0 Å². The first-order valence-electron chi connectivity index (χ1n) is 9.91. The summed E-state index contributed by atoms with van der Waals surface area (Å²) < 4.78 is 11.5. The molecule has 0 spiro atoms. The van der Waals surface area contributed by atoms with Crippen LogP contribution in [0.1, 0.15) is 53.4 Å². The van der Waals surface area contributed by atoms with Gasteiger partial charge in [0.1, 0.15) is 18.0 Å². The molecule has 2 rings (SSSR count). The molecule has 1 saturated heterocycles. The summed E-state index contributed by atoms with van der Waals surface area (Å²) in [5.74, 6) is 0.713. The number of carbonyl (C=O) groups is 1. The summed E-state index contributed by atoms with van der Waals surface area (Å²) >= 11 is 0. The van der Waals surface area contributed by atoms with Gasteiger partial charge in [-0.05, 0) is 70.8 Å². The van der Waals surface area contributed by atoms with E-state index in [9.17, 15) is 4.79 Å². The molecule has 0 aromatic heterocycles. The van der Waals surface area contributed by atoms with Gasteiger partial charge < -0.3 is 14.8 Å². The third-order valence-electron chi connectivity index (χ3n) is 5.32. The first-order valence-corrected chi connectivity index (χ1v) is 9.91. The number of anilines is 1. The van der Waals surface area contributed by atoms with E-state index in [2.05, 4.69) is 17.1 Å². The summed E-state index contributed by atoms with van der Waals surface area (Å²) in [5, 5.41) is 2.93. The lowest BCUT2D eigenvalue weighted by Crippen LogP contribution is -2.42. The fraction of sp³-hybridized carbons (Fsp3) is 0.667. The van der Waals surface area contributed by atoms with Crippen LogP contribution in [0.25, 0.3) is 0 Å². The van der Waals surface area contributed by atoms with Gasteiger partial charge in [-0.3, -0.25) is 9.69 Å². The first-order chi connectivity index (χ1) is 12.5. The molecule has 0 radical (unpaired) electrons. The topological polar surface area (TPSA) is 50.8 Å². The molecule has 146 valence electrons. The van der Waals surface area contributed by atoms with Crippen LogP contribution in [0.3, 0.4) is 0 Å². The van der Waals surface area contributed by atoms with Gasteiger partial charge in [0.25, 0.3) is 5.91 Å². The van der Waals surface area contributed by atoms with Gasteiger partial charge in [0.15, 0.2) is 0 Å². The number of benzene rings is 1. The molecule has 1 N–H and O–H groups in total. The van der Waals surface area contributed by atoms with Gasteiger partial charge in [-0.25, -0.2) is 0 Å². The molecule has 1 aliphatic heterocycles. The maximum Gasteiger partial charge on any atom is 0.256 e. The minimum absolute atomic E-state index is 0.116. The molecule has 1 fully saturated rings. The number of amides is 1. The van der Waals surface area contributed by atoms with Crippen LogP contribution in [0.5, 0.6) is 5.75 Å². The van der Waals surface area contributed by atoms with Crippen molar-refractivity contribution in [1.29, 1.82) is 0 Å². The third kappa shape index (κ3) is 5.71. The van der Waals surface area contributed by atoms with Crippen molar-refractivity contribution < 1.29 is 14.3 Å². The smallest absolute Gasteiger partial charge is 0.256 e. The lowest BCUT2D eigenvalue weighted by Gasteiger charge is -2.33. The van der Waals surface area contributed by atoms with Crippen LogP contribution >= 0.6 is 0 Å². The van der Waals surface area contributed by atoms with Crippen LogP contribution in [0.4, 0.5) is 5.69 Å². The zero-order valence-electron chi connectivity index (χ0n) is 16.7. The molecule has 1 heterocycles. The fourth-order valence-electron chi connectivity index (χ4n) is 3.32. The normalized spacial score (nSPS) is 20.4. The van der Waals surface area contributed by atoms with E-state index >= 15 is 0 Å². The molecule has 5 heteroatoms. The number of piperidine rings is 1. The third-order valence-corrected chi connectivity index (χ3v) is 5.32. The van der Waals surface area contributed by atoms with E-state index < -0.39 is 5.60 Å². The van der Waals surface area contributed by atoms with E-state index in [0.717, 1.165) is 18.0 Å². The SMILES string of the molecule is CCO[C@](C)(CC)C(=O)Nc1ccc(OCCN2CCCC[C@@H]2C)cc1. The Balaban J connectivity index is 1.81. The highest BCUT2D eigenvalue weighted by molar-refractivity contribution is 5.97. The number of ether oxygens (including phenoxy) is 2. The van der Waals surface area contributed by atoms with Crippen molar-refractivity contribution in [3.05, 3.63) is 24.3 Å². The van der Waals surface area contributed by atoms with Crippen LogP contribution in [0.2, 0.25) is 0 Å². The van der Waals surface area contributed by atoms with Gasteiger partial charge in [-0.15, -0.1) is 0 Å². The van der Waals surface area contributed by atoms with Crippen molar-refractivity contribution in [2.75, 3.05) is 31.6 Å². The second-order valence-corrected chi connectivity index (χ2v) is 7.23. The standard InChI is InChI=1S/C21H34N2O3/c1-5-21(4,26-6-2)20(24)22-18-10-12-19(13-11-18)25-16-15-23-14-8-7-9-17(23)3/h10-13,17H,5-9,14-16H2,1-4H3,(H,22,24)/t17-,21+/m0/s1. The highest BCUT2D eigenvalue weighted by Gasteiger charge is 2.31. The maximum atomic E-state index is 12.4. The second kappa shape index (κ2) is 9.93. The lowest BCUT2D eigenvalue weighted by atomic mass is 10.0. The molecule has 0 bridgehead atoms. The molecule has 26 heavy (non-hydrogen) atoms. The molecule has 1 aromatic carbocycles. The average Bonchev–Trinajstić information content (AvgIpc) is 2.64. The lowest BCUT2D eigenvalue weighted by molar-refractivity contribution is -0.139. The Morgan fingerprint density at radius 2 is 2.00 bits per heavy atom. The summed E-state index contributed by atoms with van der Waals surface area (Å²) in [6, 6.07) is 8.21. The summed E-state index contributed by atoms with van der Waals surface area (Å²) in [5.41, 5.74) is -0.0407. The number of carbonyl (C=O) groups excluding carboxylic acids is 1. The Kier molecular flexibility index (Phi) is 7.91. The fourth-order valence-corrected chi connectivity index (χ4v) is 3.32. The van der Waals surface area contributed by atoms with Crippen LogP contribution in [-0.2, 0) is 9.53 Å². The van der Waals surface area contributed by atoms with E-state index in [0.29, 0.717) is 25.7 Å². The van der Waals surface area contributed by atoms with Crippen molar-refractivity contribution in [3.63, 3.8) is 0 Å². The molecule has 0 aliphatic carbocycles. The Hall–Kier alpha value is -1.59. The largest absolute Gasteiger partial charge is 0.492 e. The number of hydrogen-bond donors (Lipinski definition) is 1. The molecule has 2 atom stereocenters. The monoisotopic (exact) mass is 362 g/mol. The maximum absolute atomic E-state index is 12.4. The van der Waals surface area contributed by atoms with Gasteiger partial charge in [-0.1, -0.05) is 13.3 Å². The number of hydrogen-bond acceptors (Lipinski definition) is 4. The van der Waals surface area contributed by atoms with E-state index in [4.69, 9.17) is 9.47 Å². The average molecular weight is 363 g/mol. The number of nitrogens with zero attached hydrogens (tertiary/aromatic N) is 1. The minimum atomic E-state index is -0.797. The van der Waals surface area contributed by atoms with E-state index in [1.807, 2.05) is 45.0 Å². The van der Waals surface area contributed by atoms with Gasteiger partial charge in [0.2, 0.25) is 0 Å². The Labute approximate surface area is 158 Å². The predicted octanol–water partition coefficient (Wildman–Crippen LogP) is 4.08. The quantitative estimate of drug-likeness (QED) is 0.719. The first kappa shape index (κ1) is 20.7. The molecule has 5 nitrogen and oxygen atoms in total. The predicted molar refractivity (Wildman–Crippen MR) is 106 cm³/mol. The van der Waals surface area contributed by atoms with Gasteiger partial charge in [0.05, 0.1) is 0 Å². The van der Waals surface area contributed by atoms with Crippen molar-refractivity contribution in [1.82, 2.24) is 4.90 Å². The molecular formula is C21H34N2O3. The van der Waals surface area contributed by atoms with Crippen molar-refractivity contribution in [2.45, 2.75) is 65.0 Å². The summed E-state index contributed by atoms with van der Waals surface area (Å²) in [7, 11) is 0. The van der Waals surface area contributed by atoms with Crippen LogP contribution in [-0.4, -0.2) is 48.8 Å². The number of rotatable bonds is 9. The number of nitrogens with one attached hydrogen (secondary N) is 1. The molecule has 1 aromatic rings. The molecule has 0 saturated carbocycles. The Bertz CT molecular complexity index is 561. The van der Waals surface area contributed by atoms with E-state index in [1.54, 1.807) is 0 Å². The molecule has 0 unspecified atom stereocenters. The molecule has 1 aliphatic rings. The highest BCUT2D eigenvalue weighted by atomic mass is 16.5. The summed E-state index contributed by atoms with van der Waals surface area (Å²) in [6.07, 6.45) is 4.54. The van der Waals surface area contributed by atoms with Gasteiger partial charge in [-0.2, -0.15) is 0 Å². The van der Waals surface area contributed by atoms with Crippen molar-refractivity contribution in [3.8, 4) is 5.75 Å². The van der Waals surface area contributed by atoms with Gasteiger partial charge in [0, 0.05) is 24.9 Å². The van der Waals surface area contributed by atoms with Crippen LogP contribution < -0.4 is 10.1 Å². The Morgan fingerprint density at radius 1 is 1.27 bits per heavy atom. The zero-order chi connectivity index (χ0) is 19.0. The van der Waals surface area contributed by atoms with E-state index in [-0.39, 0.29) is 5.91 Å². The zero-order valence-corrected chi connectivity index (χ0v) is 16.7. The Morgan fingerprint density at radius 3 is 2.62 bits per heavy atom. The summed E-state index contributed by atoms with van der Waals surface area (Å²) in [4.78, 5) is 14.9. The number of likely N-dealkylation sites (tertiary alicyclic amines) is 1. The highest BCUT2D eigenvalue weighted by Crippen LogP contribution is 2.21. The van der Waals surface area contributed by atoms with Gasteiger partial charge >= 0.3 is 0 Å². The summed E-state index contributed by atoms with van der Waals surface area (Å²) in [6.45, 7) is 11.3. The minimum Gasteiger partial charge on any atom is -0.492 e. The van der Waals surface area contributed by atoms with Crippen LogP contribution in [0, 0.1) is 0 Å². The van der Waals surface area contributed by atoms with E-state index in [1.165, 1.54) is 25.8 Å².